The average Bonchev–Trinajstić information content (AvgIpc) is 3.24. The molecular formula is C22H20FN5O. The number of H-pyrrole nitrogens is 1. The molecule has 0 aliphatic heterocycles. The van der Waals surface area contributed by atoms with Gasteiger partial charge in [0.05, 0.1) is 11.7 Å². The van der Waals surface area contributed by atoms with Gasteiger partial charge in [-0.2, -0.15) is 10.2 Å². The Morgan fingerprint density at radius 1 is 1.21 bits per heavy atom. The molecule has 6 nitrogen and oxygen atoms in total. The van der Waals surface area contributed by atoms with E-state index in [1.54, 1.807) is 29.1 Å². The second-order valence-corrected chi connectivity index (χ2v) is 7.47. The van der Waals surface area contributed by atoms with Crippen molar-refractivity contribution < 1.29 is 9.18 Å². The SMILES string of the molecule is O=C(NCc1ccccc1F)c1c2ccc(-c3cn[nH]c3)cc2nn1CC1CC1. The number of nitrogens with zero attached hydrogens (tertiary/aromatic N) is 3. The number of carbonyl (C=O) groups excluding carboxylic acids is 1. The van der Waals surface area contributed by atoms with Crippen LogP contribution in [0.3, 0.4) is 0 Å². The Kier molecular flexibility index (Phi) is 4.35. The first-order chi connectivity index (χ1) is 14.2. The van der Waals surface area contributed by atoms with E-state index in [0.717, 1.165) is 41.4 Å². The molecule has 2 aromatic carbocycles. The molecule has 5 rings (SSSR count). The minimum absolute atomic E-state index is 0.134. The number of hydrogen-bond donors (Lipinski definition) is 2. The molecule has 0 atom stereocenters. The van der Waals surface area contributed by atoms with E-state index >= 15 is 0 Å². The number of halogens is 1. The van der Waals surface area contributed by atoms with Crippen molar-refractivity contribution in [3.05, 3.63) is 71.9 Å². The lowest BCUT2D eigenvalue weighted by Crippen LogP contribution is -2.26. The van der Waals surface area contributed by atoms with Crippen LogP contribution >= 0.6 is 0 Å². The first kappa shape index (κ1) is 17.6. The number of aromatic amines is 1. The summed E-state index contributed by atoms with van der Waals surface area (Å²) in [5.41, 5.74) is 3.71. The van der Waals surface area contributed by atoms with Crippen molar-refractivity contribution in [1.29, 1.82) is 0 Å². The molecule has 4 aromatic rings. The third kappa shape index (κ3) is 3.51. The summed E-state index contributed by atoms with van der Waals surface area (Å²) in [7, 11) is 0. The maximum atomic E-state index is 13.9. The minimum Gasteiger partial charge on any atom is -0.347 e. The number of nitrogens with one attached hydrogen (secondary N) is 2. The summed E-state index contributed by atoms with van der Waals surface area (Å²) >= 11 is 0. The highest BCUT2D eigenvalue weighted by Gasteiger charge is 2.26. The van der Waals surface area contributed by atoms with Crippen molar-refractivity contribution in [2.24, 2.45) is 5.92 Å². The van der Waals surface area contributed by atoms with Crippen LogP contribution < -0.4 is 5.32 Å². The molecule has 1 fully saturated rings. The van der Waals surface area contributed by atoms with Gasteiger partial charge in [0.1, 0.15) is 11.5 Å². The van der Waals surface area contributed by atoms with Crippen LogP contribution in [0, 0.1) is 11.7 Å². The predicted molar refractivity (Wildman–Crippen MR) is 108 cm³/mol. The Morgan fingerprint density at radius 2 is 2.07 bits per heavy atom. The van der Waals surface area contributed by atoms with Crippen molar-refractivity contribution >= 4 is 16.8 Å². The first-order valence-corrected chi connectivity index (χ1v) is 9.70. The highest BCUT2D eigenvalue weighted by molar-refractivity contribution is 6.05. The standard InChI is InChI=1S/C22H20FN5O/c23-19-4-2-1-3-16(19)10-24-22(29)21-18-8-7-15(17-11-25-26-12-17)9-20(18)27-28(21)13-14-5-6-14/h1-4,7-9,11-12,14H,5-6,10,13H2,(H,24,29)(H,25,26). The fraction of sp³-hybridized carbons (Fsp3) is 0.227. The van der Waals surface area contributed by atoms with E-state index < -0.39 is 0 Å². The number of hydrogen-bond acceptors (Lipinski definition) is 3. The van der Waals surface area contributed by atoms with Gasteiger partial charge in [0.2, 0.25) is 0 Å². The topological polar surface area (TPSA) is 75.6 Å². The molecule has 1 saturated carbocycles. The number of rotatable bonds is 6. The summed E-state index contributed by atoms with van der Waals surface area (Å²) in [5.74, 6) is -0.00265. The van der Waals surface area contributed by atoms with E-state index in [2.05, 4.69) is 15.5 Å². The van der Waals surface area contributed by atoms with E-state index in [1.165, 1.54) is 6.07 Å². The quantitative estimate of drug-likeness (QED) is 0.525. The molecule has 0 bridgehead atoms. The maximum absolute atomic E-state index is 13.9. The van der Waals surface area contributed by atoms with Gasteiger partial charge in [0.25, 0.3) is 5.91 Å². The summed E-state index contributed by atoms with van der Waals surface area (Å²) in [6, 6.07) is 12.3. The van der Waals surface area contributed by atoms with Crippen LogP contribution in [0.5, 0.6) is 0 Å². The van der Waals surface area contributed by atoms with E-state index in [4.69, 9.17) is 5.10 Å². The molecule has 0 radical (unpaired) electrons. The van der Waals surface area contributed by atoms with E-state index in [0.29, 0.717) is 17.2 Å². The lowest BCUT2D eigenvalue weighted by atomic mass is 10.1. The summed E-state index contributed by atoms with van der Waals surface area (Å²) in [6.07, 6.45) is 5.90. The van der Waals surface area contributed by atoms with Crippen molar-refractivity contribution in [3.63, 3.8) is 0 Å². The Balaban J connectivity index is 1.48. The Morgan fingerprint density at radius 3 is 2.83 bits per heavy atom. The maximum Gasteiger partial charge on any atom is 0.270 e. The van der Waals surface area contributed by atoms with Crippen molar-refractivity contribution in [2.45, 2.75) is 25.9 Å². The summed E-state index contributed by atoms with van der Waals surface area (Å²) in [5, 5.41) is 15.2. The smallest absolute Gasteiger partial charge is 0.270 e. The second kappa shape index (κ2) is 7.16. The predicted octanol–water partition coefficient (Wildman–Crippen LogP) is 3.91. The van der Waals surface area contributed by atoms with Crippen LogP contribution in [0.4, 0.5) is 4.39 Å². The van der Waals surface area contributed by atoms with Gasteiger partial charge < -0.3 is 5.32 Å². The highest BCUT2D eigenvalue weighted by atomic mass is 19.1. The zero-order valence-corrected chi connectivity index (χ0v) is 15.7. The number of amides is 1. The monoisotopic (exact) mass is 389 g/mol. The lowest BCUT2D eigenvalue weighted by Gasteiger charge is -2.09. The number of carbonyl (C=O) groups is 1. The average molecular weight is 389 g/mol. The molecule has 7 heteroatoms. The summed E-state index contributed by atoms with van der Waals surface area (Å²) in [4.78, 5) is 13.0. The number of aromatic nitrogens is 4. The molecule has 146 valence electrons. The Hall–Kier alpha value is -3.48. The molecule has 0 unspecified atom stereocenters. The molecule has 2 aromatic heterocycles. The van der Waals surface area contributed by atoms with Crippen molar-refractivity contribution in [2.75, 3.05) is 0 Å². The first-order valence-electron chi connectivity index (χ1n) is 9.70. The molecule has 1 aliphatic rings. The van der Waals surface area contributed by atoms with E-state index in [9.17, 15) is 9.18 Å². The van der Waals surface area contributed by atoms with Gasteiger partial charge in [-0.3, -0.25) is 14.6 Å². The van der Waals surface area contributed by atoms with Gasteiger partial charge in [-0.25, -0.2) is 4.39 Å². The molecule has 29 heavy (non-hydrogen) atoms. The van der Waals surface area contributed by atoms with E-state index in [1.807, 2.05) is 24.4 Å². The van der Waals surface area contributed by atoms with Gasteiger partial charge in [0, 0.05) is 35.8 Å². The largest absolute Gasteiger partial charge is 0.347 e. The molecular weight excluding hydrogens is 369 g/mol. The van der Waals surface area contributed by atoms with Crippen LogP contribution in [0.15, 0.2) is 54.9 Å². The van der Waals surface area contributed by atoms with Crippen LogP contribution in [-0.2, 0) is 13.1 Å². The minimum atomic E-state index is -0.325. The summed E-state index contributed by atoms with van der Waals surface area (Å²) < 4.78 is 15.7. The second-order valence-electron chi connectivity index (χ2n) is 7.47. The fourth-order valence-electron chi connectivity index (χ4n) is 3.54. The third-order valence-electron chi connectivity index (χ3n) is 5.31. The molecule has 1 amide bonds. The lowest BCUT2D eigenvalue weighted by molar-refractivity contribution is 0.0941. The Bertz CT molecular complexity index is 1180. The van der Waals surface area contributed by atoms with Gasteiger partial charge in [-0.05, 0) is 42.5 Å². The zero-order valence-electron chi connectivity index (χ0n) is 15.7. The van der Waals surface area contributed by atoms with E-state index in [-0.39, 0.29) is 18.3 Å². The van der Waals surface area contributed by atoms with Crippen LogP contribution in [0.2, 0.25) is 0 Å². The van der Waals surface area contributed by atoms with Crippen molar-refractivity contribution in [3.8, 4) is 11.1 Å². The normalized spacial score (nSPS) is 13.7. The Labute approximate surface area is 166 Å². The summed E-state index contributed by atoms with van der Waals surface area (Å²) in [6.45, 7) is 0.854. The molecule has 2 N–H and O–H groups in total. The molecule has 0 spiro atoms. The number of fused-ring (bicyclic) bond motifs is 1. The van der Waals surface area contributed by atoms with Crippen LogP contribution in [0.1, 0.15) is 28.9 Å². The zero-order chi connectivity index (χ0) is 19.8. The fourth-order valence-corrected chi connectivity index (χ4v) is 3.54. The molecule has 2 heterocycles. The highest BCUT2D eigenvalue weighted by Crippen LogP contribution is 2.32. The van der Waals surface area contributed by atoms with Crippen molar-refractivity contribution in [1.82, 2.24) is 25.3 Å². The van der Waals surface area contributed by atoms with Gasteiger partial charge in [0.15, 0.2) is 0 Å². The van der Waals surface area contributed by atoms with Gasteiger partial charge in [-0.1, -0.05) is 24.3 Å². The molecule has 0 saturated heterocycles. The van der Waals surface area contributed by atoms with Gasteiger partial charge >= 0.3 is 0 Å². The molecule has 1 aliphatic carbocycles. The number of benzene rings is 2. The third-order valence-corrected chi connectivity index (χ3v) is 5.31. The van der Waals surface area contributed by atoms with Crippen LogP contribution in [0.25, 0.3) is 22.0 Å². The van der Waals surface area contributed by atoms with Crippen LogP contribution in [-0.4, -0.2) is 25.9 Å². The van der Waals surface area contributed by atoms with Gasteiger partial charge in [-0.15, -0.1) is 0 Å².